The van der Waals surface area contributed by atoms with Crippen LogP contribution in [0, 0.1) is 13.8 Å². The Morgan fingerprint density at radius 2 is 1.63 bits per heavy atom. The molecule has 0 aliphatic carbocycles. The van der Waals surface area contributed by atoms with E-state index in [1.54, 1.807) is 19.1 Å². The van der Waals surface area contributed by atoms with Crippen LogP contribution in [0.5, 0.6) is 5.75 Å². The number of benzene rings is 2. The normalized spacial score (nSPS) is 15.3. The summed E-state index contributed by atoms with van der Waals surface area (Å²) in [4.78, 5) is 27.7. The van der Waals surface area contributed by atoms with Crippen molar-refractivity contribution in [3.05, 3.63) is 58.1 Å². The molecule has 0 bridgehead atoms. The molecule has 160 valence electrons. The van der Waals surface area contributed by atoms with Crippen LogP contribution in [0.1, 0.15) is 54.1 Å². The van der Waals surface area contributed by atoms with Gasteiger partial charge in [0.15, 0.2) is 6.10 Å². The third kappa shape index (κ3) is 5.33. The first-order chi connectivity index (χ1) is 14.4. The Kier molecular flexibility index (Phi) is 7.38. The molecule has 0 spiro atoms. The molecule has 1 fully saturated rings. The number of carbonyl (C=O) groups is 2. The topological polar surface area (TPSA) is 58.6 Å². The van der Waals surface area contributed by atoms with Crippen LogP contribution >= 0.6 is 11.6 Å². The minimum absolute atomic E-state index is 0.0367. The molecule has 1 saturated heterocycles. The van der Waals surface area contributed by atoms with Crippen LogP contribution in [0.25, 0.3) is 0 Å². The second-order valence-corrected chi connectivity index (χ2v) is 8.25. The van der Waals surface area contributed by atoms with Gasteiger partial charge in [0.25, 0.3) is 11.8 Å². The van der Waals surface area contributed by atoms with Crippen molar-refractivity contribution >= 4 is 29.1 Å². The maximum Gasteiger partial charge on any atom is 0.265 e. The van der Waals surface area contributed by atoms with Gasteiger partial charge in [0.2, 0.25) is 0 Å². The Hall–Kier alpha value is -2.53. The molecule has 1 atom stereocenters. The molecule has 0 aromatic heterocycles. The number of rotatable bonds is 5. The third-order valence-corrected chi connectivity index (χ3v) is 6.00. The number of aryl methyl sites for hydroxylation is 2. The number of carbonyl (C=O) groups excluding carboxylic acids is 2. The van der Waals surface area contributed by atoms with E-state index in [0.29, 0.717) is 22.0 Å². The molecule has 3 rings (SSSR count). The van der Waals surface area contributed by atoms with E-state index in [9.17, 15) is 9.59 Å². The molecule has 5 nitrogen and oxygen atoms in total. The lowest BCUT2D eigenvalue weighted by atomic mass is 10.1. The van der Waals surface area contributed by atoms with Gasteiger partial charge in [0.1, 0.15) is 5.75 Å². The van der Waals surface area contributed by atoms with E-state index < -0.39 is 6.10 Å². The molecule has 1 heterocycles. The molecule has 2 aromatic rings. The summed E-state index contributed by atoms with van der Waals surface area (Å²) >= 11 is 6.21. The fraction of sp³-hybridized carbons (Fsp3) is 0.417. The van der Waals surface area contributed by atoms with Gasteiger partial charge in [0, 0.05) is 18.1 Å². The lowest BCUT2D eigenvalue weighted by molar-refractivity contribution is -0.122. The molecule has 0 unspecified atom stereocenters. The number of para-hydroxylation sites is 1. The lowest BCUT2D eigenvalue weighted by Gasteiger charge is -2.22. The SMILES string of the molecule is Cc1cc(O[C@@H](C)C(=O)Nc2ccccc2C(=O)N2CCCCCC2)cc(C)c1Cl. The van der Waals surface area contributed by atoms with E-state index in [1.165, 1.54) is 0 Å². The zero-order valence-corrected chi connectivity index (χ0v) is 18.6. The first-order valence-electron chi connectivity index (χ1n) is 10.5. The van der Waals surface area contributed by atoms with Gasteiger partial charge in [-0.05, 0) is 69.0 Å². The van der Waals surface area contributed by atoms with Gasteiger partial charge >= 0.3 is 0 Å². The van der Waals surface area contributed by atoms with E-state index in [1.807, 2.05) is 43.0 Å². The average Bonchev–Trinajstić information content (AvgIpc) is 3.01. The highest BCUT2D eigenvalue weighted by molar-refractivity contribution is 6.32. The number of hydrogen-bond acceptors (Lipinski definition) is 3. The Bertz CT molecular complexity index is 897. The van der Waals surface area contributed by atoms with Crippen LogP contribution in [0.2, 0.25) is 5.02 Å². The highest BCUT2D eigenvalue weighted by atomic mass is 35.5. The summed E-state index contributed by atoms with van der Waals surface area (Å²) in [7, 11) is 0. The van der Waals surface area contributed by atoms with Crippen molar-refractivity contribution in [2.24, 2.45) is 0 Å². The van der Waals surface area contributed by atoms with Gasteiger partial charge in [0.05, 0.1) is 11.3 Å². The molecule has 1 aliphatic rings. The van der Waals surface area contributed by atoms with Crippen LogP contribution in [-0.2, 0) is 4.79 Å². The van der Waals surface area contributed by atoms with Crippen molar-refractivity contribution < 1.29 is 14.3 Å². The summed E-state index contributed by atoms with van der Waals surface area (Å²) in [5, 5.41) is 3.56. The van der Waals surface area contributed by atoms with E-state index in [-0.39, 0.29) is 11.8 Å². The number of ether oxygens (including phenoxy) is 1. The second kappa shape index (κ2) is 9.98. The minimum Gasteiger partial charge on any atom is -0.481 e. The summed E-state index contributed by atoms with van der Waals surface area (Å²) in [6.07, 6.45) is 3.61. The highest BCUT2D eigenvalue weighted by Gasteiger charge is 2.22. The van der Waals surface area contributed by atoms with Crippen molar-refractivity contribution in [2.45, 2.75) is 52.6 Å². The fourth-order valence-electron chi connectivity index (χ4n) is 3.69. The Morgan fingerprint density at radius 3 is 2.27 bits per heavy atom. The molecule has 1 aliphatic heterocycles. The van der Waals surface area contributed by atoms with Crippen molar-refractivity contribution in [2.75, 3.05) is 18.4 Å². The van der Waals surface area contributed by atoms with E-state index >= 15 is 0 Å². The van der Waals surface area contributed by atoms with Crippen LogP contribution in [0.15, 0.2) is 36.4 Å². The monoisotopic (exact) mass is 428 g/mol. The van der Waals surface area contributed by atoms with Gasteiger partial charge in [-0.25, -0.2) is 0 Å². The Labute approximate surface area is 183 Å². The van der Waals surface area contributed by atoms with Crippen LogP contribution in [0.3, 0.4) is 0 Å². The largest absolute Gasteiger partial charge is 0.481 e. The van der Waals surface area contributed by atoms with E-state index in [2.05, 4.69) is 5.32 Å². The summed E-state index contributed by atoms with van der Waals surface area (Å²) in [5.41, 5.74) is 2.81. The number of anilines is 1. The second-order valence-electron chi connectivity index (χ2n) is 7.87. The molecular weight excluding hydrogens is 400 g/mol. The Balaban J connectivity index is 1.71. The predicted molar refractivity (Wildman–Crippen MR) is 120 cm³/mol. The first kappa shape index (κ1) is 22.2. The molecule has 0 saturated carbocycles. The van der Waals surface area contributed by atoms with Gasteiger partial charge < -0.3 is 15.0 Å². The van der Waals surface area contributed by atoms with Crippen LogP contribution in [0.4, 0.5) is 5.69 Å². The molecule has 6 heteroatoms. The number of halogens is 1. The number of amides is 2. The van der Waals surface area contributed by atoms with Crippen molar-refractivity contribution in [1.29, 1.82) is 0 Å². The smallest absolute Gasteiger partial charge is 0.265 e. The standard InChI is InChI=1S/C24H29ClN2O3/c1-16-14-19(15-17(2)22(16)25)30-18(3)23(28)26-21-11-7-6-10-20(21)24(29)27-12-8-4-5-9-13-27/h6-7,10-11,14-15,18H,4-5,8-9,12-13H2,1-3H3,(H,26,28)/t18-/m0/s1. The molecule has 30 heavy (non-hydrogen) atoms. The lowest BCUT2D eigenvalue weighted by Crippen LogP contribution is -2.34. The quantitative estimate of drug-likeness (QED) is 0.695. The van der Waals surface area contributed by atoms with Crippen molar-refractivity contribution in [3.8, 4) is 5.75 Å². The van der Waals surface area contributed by atoms with Crippen LogP contribution < -0.4 is 10.1 Å². The number of likely N-dealkylation sites (tertiary alicyclic amines) is 1. The Morgan fingerprint density at radius 1 is 1.03 bits per heavy atom. The zero-order valence-electron chi connectivity index (χ0n) is 17.8. The first-order valence-corrected chi connectivity index (χ1v) is 10.9. The number of nitrogens with zero attached hydrogens (tertiary/aromatic N) is 1. The molecule has 1 N–H and O–H groups in total. The summed E-state index contributed by atoms with van der Waals surface area (Å²) in [6.45, 7) is 7.01. The van der Waals surface area contributed by atoms with Crippen LogP contribution in [-0.4, -0.2) is 35.9 Å². The molecule has 2 aromatic carbocycles. The maximum absolute atomic E-state index is 13.1. The number of hydrogen-bond donors (Lipinski definition) is 1. The fourth-order valence-corrected chi connectivity index (χ4v) is 3.80. The summed E-state index contributed by atoms with van der Waals surface area (Å²) < 4.78 is 5.83. The third-order valence-electron chi connectivity index (χ3n) is 5.40. The maximum atomic E-state index is 13.1. The molecule has 0 radical (unpaired) electrons. The van der Waals surface area contributed by atoms with E-state index in [0.717, 1.165) is 49.9 Å². The van der Waals surface area contributed by atoms with E-state index in [4.69, 9.17) is 16.3 Å². The summed E-state index contributed by atoms with van der Waals surface area (Å²) in [6, 6.07) is 10.8. The zero-order chi connectivity index (χ0) is 21.7. The molecular formula is C24H29ClN2O3. The predicted octanol–water partition coefficient (Wildman–Crippen LogP) is 5.38. The number of nitrogens with one attached hydrogen (secondary N) is 1. The van der Waals surface area contributed by atoms with Gasteiger partial charge in [-0.15, -0.1) is 0 Å². The van der Waals surface area contributed by atoms with Crippen molar-refractivity contribution in [3.63, 3.8) is 0 Å². The van der Waals surface area contributed by atoms with Gasteiger partial charge in [-0.3, -0.25) is 9.59 Å². The summed E-state index contributed by atoms with van der Waals surface area (Å²) in [5.74, 6) is 0.243. The average molecular weight is 429 g/mol. The van der Waals surface area contributed by atoms with Crippen molar-refractivity contribution in [1.82, 2.24) is 4.90 Å². The molecule has 2 amide bonds. The van der Waals surface area contributed by atoms with Gasteiger partial charge in [-0.2, -0.15) is 0 Å². The minimum atomic E-state index is -0.730. The van der Waals surface area contributed by atoms with Gasteiger partial charge in [-0.1, -0.05) is 36.6 Å². The highest BCUT2D eigenvalue weighted by Crippen LogP contribution is 2.27.